The molecule has 7 heteroatoms. The summed E-state index contributed by atoms with van der Waals surface area (Å²) in [5.41, 5.74) is 1.77. The minimum atomic E-state index is -0.110. The Hall–Kier alpha value is -1.89. The fourth-order valence-corrected chi connectivity index (χ4v) is 3.64. The fraction of sp³-hybridized carbons (Fsp3) is 0.111. The van der Waals surface area contributed by atoms with E-state index in [2.05, 4.69) is 20.9 Å². The molecule has 0 saturated carbocycles. The predicted molar refractivity (Wildman–Crippen MR) is 105 cm³/mol. The Labute approximate surface area is 163 Å². The van der Waals surface area contributed by atoms with Crippen LogP contribution in [-0.2, 0) is 6.54 Å². The molecule has 1 heterocycles. The van der Waals surface area contributed by atoms with Crippen molar-refractivity contribution in [2.45, 2.75) is 6.54 Å². The lowest BCUT2D eigenvalue weighted by Gasteiger charge is -2.22. The van der Waals surface area contributed by atoms with Crippen LogP contribution in [0.1, 0.15) is 15.2 Å². The molecule has 1 aromatic heterocycles. The molecule has 0 saturated heterocycles. The third-order valence-electron chi connectivity index (χ3n) is 3.57. The van der Waals surface area contributed by atoms with Crippen LogP contribution in [0.5, 0.6) is 5.75 Å². The number of hydrogen-bond donors (Lipinski definition) is 0. The van der Waals surface area contributed by atoms with Crippen LogP contribution in [0, 0.1) is 0 Å². The third-order valence-corrected chi connectivity index (χ3v) is 5.29. The van der Waals surface area contributed by atoms with E-state index in [4.69, 9.17) is 16.3 Å². The molecule has 0 spiro atoms. The van der Waals surface area contributed by atoms with Crippen molar-refractivity contribution in [1.29, 1.82) is 0 Å². The summed E-state index contributed by atoms with van der Waals surface area (Å²) in [5.74, 6) is 0.667. The summed E-state index contributed by atoms with van der Waals surface area (Å²) in [7, 11) is 1.63. The molecule has 1 amide bonds. The largest absolute Gasteiger partial charge is 0.497 e. The van der Waals surface area contributed by atoms with Crippen molar-refractivity contribution in [2.24, 2.45) is 0 Å². The van der Waals surface area contributed by atoms with Gasteiger partial charge in [0.1, 0.15) is 10.6 Å². The molecule has 0 atom stereocenters. The molecule has 25 heavy (non-hydrogen) atoms. The lowest BCUT2D eigenvalue weighted by atomic mass is 10.2. The van der Waals surface area contributed by atoms with Gasteiger partial charge in [-0.2, -0.15) is 0 Å². The van der Waals surface area contributed by atoms with E-state index in [1.807, 2.05) is 36.4 Å². The van der Waals surface area contributed by atoms with Crippen LogP contribution < -0.4 is 9.64 Å². The summed E-state index contributed by atoms with van der Waals surface area (Å²) in [6, 6.07) is 14.8. The predicted octanol–water partition coefficient (Wildman–Crippen LogP) is 5.41. The van der Waals surface area contributed by atoms with Gasteiger partial charge in [0.2, 0.25) is 0 Å². The Bertz CT molecular complexity index is 866. The average Bonchev–Trinajstić information content (AvgIpc) is 3.07. The number of aromatic nitrogens is 1. The maximum atomic E-state index is 13.0. The number of thiazole rings is 1. The number of nitrogens with zero attached hydrogens (tertiary/aromatic N) is 2. The van der Waals surface area contributed by atoms with Crippen LogP contribution >= 0.6 is 38.9 Å². The molecule has 0 aliphatic carbocycles. The average molecular weight is 438 g/mol. The number of rotatable bonds is 5. The van der Waals surface area contributed by atoms with Crippen molar-refractivity contribution < 1.29 is 9.53 Å². The number of anilines is 1. The summed E-state index contributed by atoms with van der Waals surface area (Å²) in [4.78, 5) is 19.4. The van der Waals surface area contributed by atoms with Crippen LogP contribution in [0.2, 0.25) is 5.02 Å². The topological polar surface area (TPSA) is 42.4 Å². The van der Waals surface area contributed by atoms with Gasteiger partial charge in [-0.25, -0.2) is 4.98 Å². The van der Waals surface area contributed by atoms with E-state index >= 15 is 0 Å². The first-order chi connectivity index (χ1) is 12.1. The number of carbonyl (C=O) groups excluding carboxylic acids is 1. The lowest BCUT2D eigenvalue weighted by Crippen LogP contribution is -2.29. The minimum absolute atomic E-state index is 0.110. The van der Waals surface area contributed by atoms with Crippen molar-refractivity contribution in [1.82, 2.24) is 4.98 Å². The smallest absolute Gasteiger partial charge is 0.270 e. The van der Waals surface area contributed by atoms with E-state index < -0.39 is 0 Å². The van der Waals surface area contributed by atoms with Gasteiger partial charge in [0, 0.05) is 10.7 Å². The van der Waals surface area contributed by atoms with Crippen LogP contribution in [-0.4, -0.2) is 18.0 Å². The van der Waals surface area contributed by atoms with Gasteiger partial charge in [-0.1, -0.05) is 23.7 Å². The Morgan fingerprint density at radius 2 is 1.88 bits per heavy atom. The maximum Gasteiger partial charge on any atom is 0.270 e. The van der Waals surface area contributed by atoms with Crippen molar-refractivity contribution >= 4 is 50.5 Å². The van der Waals surface area contributed by atoms with Gasteiger partial charge < -0.3 is 9.64 Å². The first-order valence-corrected chi connectivity index (χ1v) is 9.37. The van der Waals surface area contributed by atoms with Crippen molar-refractivity contribution in [3.8, 4) is 5.75 Å². The first kappa shape index (κ1) is 17.9. The number of benzene rings is 2. The van der Waals surface area contributed by atoms with E-state index in [0.717, 1.165) is 17.0 Å². The highest BCUT2D eigenvalue weighted by molar-refractivity contribution is 9.11. The molecule has 0 N–H and O–H groups in total. The van der Waals surface area contributed by atoms with Crippen LogP contribution in [0.3, 0.4) is 0 Å². The second-order valence-electron chi connectivity index (χ2n) is 5.19. The number of amides is 1. The van der Waals surface area contributed by atoms with E-state index in [-0.39, 0.29) is 5.91 Å². The Kier molecular flexibility index (Phi) is 5.73. The number of halogens is 2. The normalized spacial score (nSPS) is 10.5. The number of hydrogen-bond acceptors (Lipinski definition) is 4. The van der Waals surface area contributed by atoms with Gasteiger partial charge in [0.15, 0.2) is 3.92 Å². The number of carbonyl (C=O) groups is 1. The summed E-state index contributed by atoms with van der Waals surface area (Å²) in [5, 5.41) is 0.626. The monoisotopic (exact) mass is 436 g/mol. The van der Waals surface area contributed by atoms with Crippen LogP contribution in [0.4, 0.5) is 5.69 Å². The van der Waals surface area contributed by atoms with E-state index in [1.165, 1.54) is 11.3 Å². The summed E-state index contributed by atoms with van der Waals surface area (Å²) >= 11 is 10.6. The minimum Gasteiger partial charge on any atom is -0.497 e. The van der Waals surface area contributed by atoms with Gasteiger partial charge >= 0.3 is 0 Å². The molecule has 128 valence electrons. The molecule has 0 bridgehead atoms. The molecule has 4 nitrogen and oxygen atoms in total. The molecular formula is C18H14BrClN2O2S. The molecule has 2 aromatic carbocycles. The molecule has 0 fully saturated rings. The SMILES string of the molecule is COc1ccc(CN(C(=O)c2cnc(Br)s2)c2ccc(Cl)cc2)cc1. The molecule has 0 unspecified atom stereocenters. The van der Waals surface area contributed by atoms with E-state index in [1.54, 1.807) is 30.3 Å². The van der Waals surface area contributed by atoms with Crippen LogP contribution in [0.15, 0.2) is 58.6 Å². The standard InChI is InChI=1S/C18H14BrClN2O2S/c1-24-15-8-2-12(3-9-15)11-22(14-6-4-13(20)5-7-14)17(23)16-10-21-18(19)25-16/h2-10H,11H2,1H3. The highest BCUT2D eigenvalue weighted by Crippen LogP contribution is 2.26. The number of methoxy groups -OCH3 is 1. The van der Waals surface area contributed by atoms with Gasteiger partial charge in [-0.15, -0.1) is 11.3 Å². The second-order valence-corrected chi connectivity index (χ2v) is 7.94. The summed E-state index contributed by atoms with van der Waals surface area (Å²) in [6.45, 7) is 0.431. The van der Waals surface area contributed by atoms with Crippen molar-refractivity contribution in [3.05, 3.63) is 74.1 Å². The number of ether oxygens (including phenoxy) is 1. The van der Waals surface area contributed by atoms with E-state index in [0.29, 0.717) is 20.4 Å². The fourth-order valence-electron chi connectivity index (χ4n) is 2.30. The van der Waals surface area contributed by atoms with Gasteiger partial charge in [-0.3, -0.25) is 4.79 Å². The molecule has 0 radical (unpaired) electrons. The van der Waals surface area contributed by atoms with Gasteiger partial charge in [0.05, 0.1) is 19.9 Å². The molecule has 3 rings (SSSR count). The molecule has 3 aromatic rings. The van der Waals surface area contributed by atoms with E-state index in [9.17, 15) is 4.79 Å². The first-order valence-electron chi connectivity index (χ1n) is 7.38. The van der Waals surface area contributed by atoms with Gasteiger partial charge in [-0.05, 0) is 57.9 Å². The van der Waals surface area contributed by atoms with Crippen molar-refractivity contribution in [3.63, 3.8) is 0 Å². The second kappa shape index (κ2) is 7.99. The quantitative estimate of drug-likeness (QED) is 0.535. The Morgan fingerprint density at radius 3 is 2.44 bits per heavy atom. The Morgan fingerprint density at radius 1 is 1.20 bits per heavy atom. The van der Waals surface area contributed by atoms with Crippen LogP contribution in [0.25, 0.3) is 0 Å². The zero-order valence-electron chi connectivity index (χ0n) is 13.3. The van der Waals surface area contributed by atoms with Crippen molar-refractivity contribution in [2.75, 3.05) is 12.0 Å². The summed E-state index contributed by atoms with van der Waals surface area (Å²) in [6.07, 6.45) is 1.58. The summed E-state index contributed by atoms with van der Waals surface area (Å²) < 4.78 is 5.86. The Balaban J connectivity index is 1.92. The maximum absolute atomic E-state index is 13.0. The molecular weight excluding hydrogens is 424 g/mol. The highest BCUT2D eigenvalue weighted by atomic mass is 79.9. The third kappa shape index (κ3) is 4.39. The zero-order valence-corrected chi connectivity index (χ0v) is 16.4. The lowest BCUT2D eigenvalue weighted by molar-refractivity contribution is 0.0989. The van der Waals surface area contributed by atoms with Gasteiger partial charge in [0.25, 0.3) is 5.91 Å². The molecule has 0 aliphatic rings. The highest BCUT2D eigenvalue weighted by Gasteiger charge is 2.20. The zero-order chi connectivity index (χ0) is 17.8. The molecule has 0 aliphatic heterocycles.